The summed E-state index contributed by atoms with van der Waals surface area (Å²) in [6.45, 7) is 12.5. The van der Waals surface area contributed by atoms with Gasteiger partial charge in [-0.3, -0.25) is 4.90 Å². The minimum atomic E-state index is -1.02. The Hall–Kier alpha value is -0.750. The van der Waals surface area contributed by atoms with Crippen LogP contribution in [0, 0.1) is 26.2 Å². The second kappa shape index (κ2) is 6.20. The van der Waals surface area contributed by atoms with E-state index in [1.54, 1.807) is 0 Å². The molecule has 132 valence electrons. The maximum atomic E-state index is 13.1. The van der Waals surface area contributed by atoms with Gasteiger partial charge in [0.05, 0.1) is 18.1 Å². The Balaban J connectivity index is 1.37. The molecule has 0 aliphatic carbocycles. The zero-order chi connectivity index (χ0) is 16.9. The van der Waals surface area contributed by atoms with E-state index in [1.807, 2.05) is 0 Å². The molecular weight excluding hydrogens is 320 g/mol. The number of aryl methyl sites for hydroxylation is 3. The molecule has 0 N–H and O–H groups in total. The predicted molar refractivity (Wildman–Crippen MR) is 96.5 cm³/mol. The lowest BCUT2D eigenvalue weighted by molar-refractivity contribution is -0.200. The Bertz CT molecular complexity index is 632. The van der Waals surface area contributed by atoms with Crippen molar-refractivity contribution in [3.05, 3.63) is 28.8 Å². The average molecular weight is 349 g/mol. The average Bonchev–Trinajstić information content (AvgIpc) is 2.43. The van der Waals surface area contributed by atoms with E-state index in [4.69, 9.17) is 4.74 Å². The van der Waals surface area contributed by atoms with Crippen LogP contribution in [-0.2, 0) is 15.7 Å². The van der Waals surface area contributed by atoms with Gasteiger partial charge in [0.2, 0.25) is 0 Å². The fourth-order valence-electron chi connectivity index (χ4n) is 4.59. The molecule has 3 aliphatic heterocycles. The first kappa shape index (κ1) is 16.7. The first-order valence-electron chi connectivity index (χ1n) is 9.04. The minimum Gasteiger partial charge on any atom is -0.380 e. The van der Waals surface area contributed by atoms with E-state index in [1.165, 1.54) is 18.7 Å². The maximum absolute atomic E-state index is 13.1. The summed E-state index contributed by atoms with van der Waals surface area (Å²) in [5.41, 5.74) is 4.05. The summed E-state index contributed by atoms with van der Waals surface area (Å²) < 4.78 is 20.6. The van der Waals surface area contributed by atoms with Gasteiger partial charge in [-0.1, -0.05) is 17.7 Å². The second-order valence-electron chi connectivity index (χ2n) is 8.03. The number of piperidine rings is 1. The molecule has 3 saturated heterocycles. The van der Waals surface area contributed by atoms with E-state index < -0.39 is 11.0 Å². The molecular formula is C19H28N2O2S. The fraction of sp³-hybridized carbons (Fsp3) is 0.684. The largest absolute Gasteiger partial charge is 0.380 e. The monoisotopic (exact) mass is 348 g/mol. The standard InChI is InChI=1S/C19H28N2O2S/c1-14-8-15(2)18(16(3)9-14)24(22)21-6-4-17(5-7-21)20-10-19(11-20)12-23-13-19/h8-9,17H,4-7,10-13H2,1-3H3. The van der Waals surface area contributed by atoms with Gasteiger partial charge in [-0.2, -0.15) is 0 Å². The number of rotatable bonds is 3. The van der Waals surface area contributed by atoms with Crippen LogP contribution in [0.3, 0.4) is 0 Å². The van der Waals surface area contributed by atoms with Crippen LogP contribution in [0.1, 0.15) is 29.5 Å². The molecule has 3 fully saturated rings. The molecule has 5 heteroatoms. The molecule has 0 radical (unpaired) electrons. The zero-order valence-electron chi connectivity index (χ0n) is 15.0. The van der Waals surface area contributed by atoms with Gasteiger partial charge in [0, 0.05) is 37.6 Å². The number of likely N-dealkylation sites (tertiary alicyclic amines) is 1. The zero-order valence-corrected chi connectivity index (χ0v) is 15.8. The molecule has 24 heavy (non-hydrogen) atoms. The highest BCUT2D eigenvalue weighted by Gasteiger charge is 2.50. The predicted octanol–water partition coefficient (Wildman–Crippen LogP) is 2.43. The highest BCUT2D eigenvalue weighted by molar-refractivity contribution is 7.82. The highest BCUT2D eigenvalue weighted by atomic mass is 32.2. The van der Waals surface area contributed by atoms with Crippen molar-refractivity contribution in [1.82, 2.24) is 9.21 Å². The summed E-state index contributed by atoms with van der Waals surface area (Å²) in [5.74, 6) is 0. The van der Waals surface area contributed by atoms with Crippen molar-refractivity contribution >= 4 is 11.0 Å². The molecule has 3 heterocycles. The molecule has 1 aromatic rings. The van der Waals surface area contributed by atoms with Crippen molar-refractivity contribution in [2.24, 2.45) is 5.41 Å². The third-order valence-electron chi connectivity index (χ3n) is 5.85. The first-order valence-corrected chi connectivity index (χ1v) is 10.1. The topological polar surface area (TPSA) is 32.8 Å². The van der Waals surface area contributed by atoms with E-state index in [0.29, 0.717) is 11.5 Å². The van der Waals surface area contributed by atoms with Crippen LogP contribution in [0.5, 0.6) is 0 Å². The Morgan fingerprint density at radius 3 is 2.17 bits per heavy atom. The van der Waals surface area contributed by atoms with Crippen molar-refractivity contribution in [3.8, 4) is 0 Å². The van der Waals surface area contributed by atoms with Gasteiger partial charge in [-0.25, -0.2) is 8.51 Å². The van der Waals surface area contributed by atoms with Crippen LogP contribution in [-0.4, -0.2) is 58.8 Å². The smallest absolute Gasteiger partial charge is 0.128 e. The molecule has 0 saturated carbocycles. The summed E-state index contributed by atoms with van der Waals surface area (Å²) in [6.07, 6.45) is 2.26. The number of nitrogens with zero attached hydrogens (tertiary/aromatic N) is 2. The van der Waals surface area contributed by atoms with E-state index >= 15 is 0 Å². The summed E-state index contributed by atoms with van der Waals surface area (Å²) in [6, 6.07) is 4.96. The van der Waals surface area contributed by atoms with Crippen molar-refractivity contribution in [3.63, 3.8) is 0 Å². The van der Waals surface area contributed by atoms with E-state index in [9.17, 15) is 4.21 Å². The third kappa shape index (κ3) is 2.85. The number of ether oxygens (including phenoxy) is 1. The van der Waals surface area contributed by atoms with E-state index in [2.05, 4.69) is 42.1 Å². The van der Waals surface area contributed by atoms with Gasteiger partial charge in [0.25, 0.3) is 0 Å². The SMILES string of the molecule is Cc1cc(C)c(S(=O)N2CCC(N3CC4(COC4)C3)CC2)c(C)c1. The molecule has 3 aliphatic rings. The summed E-state index contributed by atoms with van der Waals surface area (Å²) in [5, 5.41) is 0. The number of hydrogen-bond acceptors (Lipinski definition) is 3. The fourth-order valence-corrected chi connectivity index (χ4v) is 6.06. The van der Waals surface area contributed by atoms with Crippen molar-refractivity contribution in [1.29, 1.82) is 0 Å². The van der Waals surface area contributed by atoms with Gasteiger partial charge < -0.3 is 4.74 Å². The minimum absolute atomic E-state index is 0.496. The Morgan fingerprint density at radius 2 is 1.67 bits per heavy atom. The molecule has 1 unspecified atom stereocenters. The molecule has 4 rings (SSSR count). The highest BCUT2D eigenvalue weighted by Crippen LogP contribution is 2.40. The molecule has 0 bridgehead atoms. The summed E-state index contributed by atoms with van der Waals surface area (Å²) >= 11 is 0. The molecule has 1 aromatic carbocycles. The normalized spacial score (nSPS) is 26.1. The van der Waals surface area contributed by atoms with Crippen molar-refractivity contribution in [2.45, 2.75) is 44.6 Å². The van der Waals surface area contributed by atoms with Gasteiger partial charge in [-0.05, 0) is 44.7 Å². The lowest BCUT2D eigenvalue weighted by Gasteiger charge is -2.58. The molecule has 1 atom stereocenters. The molecule has 0 aromatic heterocycles. The quantitative estimate of drug-likeness (QED) is 0.841. The van der Waals surface area contributed by atoms with Crippen LogP contribution >= 0.6 is 0 Å². The van der Waals surface area contributed by atoms with E-state index in [-0.39, 0.29) is 0 Å². The maximum Gasteiger partial charge on any atom is 0.128 e. The molecule has 1 spiro atoms. The van der Waals surface area contributed by atoms with Crippen LogP contribution in [0.2, 0.25) is 0 Å². The lowest BCUT2D eigenvalue weighted by atomic mass is 9.76. The van der Waals surface area contributed by atoms with Crippen LogP contribution < -0.4 is 0 Å². The third-order valence-corrected chi connectivity index (χ3v) is 7.67. The Labute approximate surface area is 147 Å². The molecule has 0 amide bonds. The number of benzene rings is 1. The van der Waals surface area contributed by atoms with Gasteiger partial charge in [-0.15, -0.1) is 0 Å². The van der Waals surface area contributed by atoms with E-state index in [0.717, 1.165) is 55.2 Å². The lowest BCUT2D eigenvalue weighted by Crippen LogP contribution is -2.68. The molecule has 4 nitrogen and oxygen atoms in total. The van der Waals surface area contributed by atoms with Gasteiger partial charge >= 0.3 is 0 Å². The Kier molecular flexibility index (Phi) is 4.32. The Morgan fingerprint density at radius 1 is 1.08 bits per heavy atom. The number of hydrogen-bond donors (Lipinski definition) is 0. The summed E-state index contributed by atoms with van der Waals surface area (Å²) in [4.78, 5) is 3.64. The van der Waals surface area contributed by atoms with Gasteiger partial charge in [0.1, 0.15) is 11.0 Å². The van der Waals surface area contributed by atoms with Crippen molar-refractivity contribution < 1.29 is 8.95 Å². The van der Waals surface area contributed by atoms with Crippen LogP contribution in [0.4, 0.5) is 0 Å². The van der Waals surface area contributed by atoms with Gasteiger partial charge in [0.15, 0.2) is 0 Å². The first-order chi connectivity index (χ1) is 11.5. The van der Waals surface area contributed by atoms with Crippen molar-refractivity contribution in [2.75, 3.05) is 39.4 Å². The second-order valence-corrected chi connectivity index (χ2v) is 9.46. The van der Waals surface area contributed by atoms with Crippen LogP contribution in [0.25, 0.3) is 0 Å². The summed E-state index contributed by atoms with van der Waals surface area (Å²) in [7, 11) is -1.02. The van der Waals surface area contributed by atoms with Crippen LogP contribution in [0.15, 0.2) is 17.0 Å².